The van der Waals surface area contributed by atoms with Crippen LogP contribution in [0.5, 0.6) is 0 Å². The van der Waals surface area contributed by atoms with Crippen LogP contribution in [0.1, 0.15) is 11.1 Å². The maximum Gasteiger partial charge on any atom is 0.231 e. The number of anilines is 1. The Labute approximate surface area is 111 Å². The first kappa shape index (κ1) is 12.2. The summed E-state index contributed by atoms with van der Waals surface area (Å²) < 4.78 is 5.12. The summed E-state index contributed by atoms with van der Waals surface area (Å²) in [5.41, 5.74) is 8.00. The largest absolute Gasteiger partial charge is 0.378 e. The molecule has 0 atom stereocenters. The van der Waals surface area contributed by atoms with Gasteiger partial charge in [-0.3, -0.25) is 4.79 Å². The molecule has 2 aliphatic heterocycles. The number of nitrogens with zero attached hydrogens (tertiary/aromatic N) is 2. The van der Waals surface area contributed by atoms with E-state index in [1.54, 1.807) is 4.90 Å². The number of carbonyl (C=O) groups is 1. The Bertz CT molecular complexity index is 573. The van der Waals surface area contributed by atoms with Gasteiger partial charge in [-0.1, -0.05) is 12.1 Å². The van der Waals surface area contributed by atoms with Crippen molar-refractivity contribution in [3.05, 3.63) is 29.3 Å². The molecule has 19 heavy (non-hydrogen) atoms. The van der Waals surface area contributed by atoms with Crippen molar-refractivity contribution in [2.45, 2.75) is 13.0 Å². The van der Waals surface area contributed by atoms with Gasteiger partial charge in [-0.2, -0.15) is 5.26 Å². The minimum Gasteiger partial charge on any atom is -0.378 e. The highest BCUT2D eigenvalue weighted by atomic mass is 16.5. The van der Waals surface area contributed by atoms with Gasteiger partial charge < -0.3 is 15.4 Å². The number of hydrogen-bond donors (Lipinski definition) is 1. The van der Waals surface area contributed by atoms with Gasteiger partial charge in [-0.25, -0.2) is 0 Å². The summed E-state index contributed by atoms with van der Waals surface area (Å²) in [5, 5.41) is 9.23. The normalized spacial score (nSPS) is 19.8. The van der Waals surface area contributed by atoms with Gasteiger partial charge in [-0.15, -0.1) is 0 Å². The molecule has 2 aliphatic rings. The molecular formula is C14H15N3O2. The fraction of sp³-hybridized carbons (Fsp3) is 0.429. The molecule has 2 N–H and O–H groups in total. The van der Waals surface area contributed by atoms with Crippen molar-refractivity contribution in [2.75, 3.05) is 24.7 Å². The van der Waals surface area contributed by atoms with Crippen LogP contribution in [0.4, 0.5) is 5.69 Å². The molecule has 1 fully saturated rings. The molecule has 0 saturated carbocycles. The topological polar surface area (TPSA) is 79.4 Å². The van der Waals surface area contributed by atoms with Crippen LogP contribution >= 0.6 is 0 Å². The molecule has 0 aliphatic carbocycles. The molecule has 0 bridgehead atoms. The van der Waals surface area contributed by atoms with E-state index in [4.69, 9.17) is 10.5 Å². The molecule has 1 aromatic carbocycles. The molecule has 0 spiro atoms. The first-order valence-corrected chi connectivity index (χ1v) is 6.29. The van der Waals surface area contributed by atoms with Crippen LogP contribution in [-0.4, -0.2) is 25.7 Å². The summed E-state index contributed by atoms with van der Waals surface area (Å²) in [6, 6.07) is 8.11. The van der Waals surface area contributed by atoms with E-state index in [-0.39, 0.29) is 5.91 Å². The second kappa shape index (κ2) is 4.34. The highest BCUT2D eigenvalue weighted by molar-refractivity contribution is 6.01. The Morgan fingerprint density at radius 3 is 2.84 bits per heavy atom. The maximum atomic E-state index is 12.1. The molecule has 5 heteroatoms. The monoisotopic (exact) mass is 257 g/mol. The van der Waals surface area contributed by atoms with Crippen LogP contribution in [0.2, 0.25) is 0 Å². The smallest absolute Gasteiger partial charge is 0.231 e. The molecule has 2 heterocycles. The lowest BCUT2D eigenvalue weighted by atomic mass is 9.87. The molecule has 3 rings (SSSR count). The molecule has 1 aromatic rings. The van der Waals surface area contributed by atoms with Crippen LogP contribution in [0, 0.1) is 16.7 Å². The molecule has 1 saturated heterocycles. The van der Waals surface area contributed by atoms with E-state index in [0.717, 1.165) is 16.8 Å². The zero-order valence-corrected chi connectivity index (χ0v) is 10.6. The van der Waals surface area contributed by atoms with E-state index in [2.05, 4.69) is 6.07 Å². The third-order valence-corrected chi connectivity index (χ3v) is 3.77. The van der Waals surface area contributed by atoms with Crippen molar-refractivity contribution in [3.63, 3.8) is 0 Å². The number of fused-ring (bicyclic) bond motifs is 1. The third-order valence-electron chi connectivity index (χ3n) is 3.77. The van der Waals surface area contributed by atoms with Crippen molar-refractivity contribution in [2.24, 2.45) is 11.1 Å². The van der Waals surface area contributed by atoms with E-state index < -0.39 is 5.41 Å². The standard InChI is InChI=1S/C14H15N3O2/c15-5-10-1-2-12-11(3-10)4-13(18)17(12)7-14(6-16)8-19-9-14/h1-3H,4-5,7-9,15H2. The number of ether oxygens (including phenoxy) is 1. The minimum atomic E-state index is -0.538. The number of amides is 1. The SMILES string of the molecule is N#CC1(CN2C(=O)Cc3cc(CN)ccc32)COC1. The molecule has 1 amide bonds. The molecule has 0 radical (unpaired) electrons. The first-order chi connectivity index (χ1) is 9.17. The fourth-order valence-corrected chi connectivity index (χ4v) is 2.58. The number of benzene rings is 1. The Morgan fingerprint density at radius 1 is 1.47 bits per heavy atom. The van der Waals surface area contributed by atoms with Crippen LogP contribution in [0.3, 0.4) is 0 Å². The van der Waals surface area contributed by atoms with E-state index in [9.17, 15) is 10.1 Å². The summed E-state index contributed by atoms with van der Waals surface area (Å²) in [6.45, 7) is 1.70. The van der Waals surface area contributed by atoms with Crippen molar-refractivity contribution >= 4 is 11.6 Å². The lowest BCUT2D eigenvalue weighted by Gasteiger charge is -2.38. The van der Waals surface area contributed by atoms with E-state index in [0.29, 0.717) is 32.7 Å². The van der Waals surface area contributed by atoms with Gasteiger partial charge in [0.05, 0.1) is 25.7 Å². The van der Waals surface area contributed by atoms with Gasteiger partial charge in [0.1, 0.15) is 5.41 Å². The number of nitriles is 1. The van der Waals surface area contributed by atoms with E-state index in [1.807, 2.05) is 18.2 Å². The zero-order chi connectivity index (χ0) is 13.5. The molecule has 0 unspecified atom stereocenters. The third kappa shape index (κ3) is 1.89. The number of nitrogens with two attached hydrogens (primary N) is 1. The lowest BCUT2D eigenvalue weighted by Crippen LogP contribution is -2.50. The first-order valence-electron chi connectivity index (χ1n) is 6.29. The second-order valence-corrected chi connectivity index (χ2v) is 5.21. The van der Waals surface area contributed by atoms with Gasteiger partial charge in [0, 0.05) is 18.8 Å². The Hall–Kier alpha value is -1.90. The highest BCUT2D eigenvalue weighted by Crippen LogP contribution is 2.35. The highest BCUT2D eigenvalue weighted by Gasteiger charge is 2.43. The summed E-state index contributed by atoms with van der Waals surface area (Å²) in [7, 11) is 0. The number of carbonyl (C=O) groups excluding carboxylic acids is 1. The van der Waals surface area contributed by atoms with Crippen molar-refractivity contribution in [1.29, 1.82) is 5.26 Å². The maximum absolute atomic E-state index is 12.1. The van der Waals surface area contributed by atoms with Gasteiger partial charge in [0.2, 0.25) is 5.91 Å². The van der Waals surface area contributed by atoms with Gasteiger partial charge >= 0.3 is 0 Å². The Balaban J connectivity index is 1.89. The summed E-state index contributed by atoms with van der Waals surface area (Å²) in [4.78, 5) is 13.8. The quantitative estimate of drug-likeness (QED) is 0.858. The summed E-state index contributed by atoms with van der Waals surface area (Å²) in [5.74, 6) is 0.0469. The van der Waals surface area contributed by atoms with Crippen LogP contribution in [-0.2, 0) is 22.5 Å². The molecule has 5 nitrogen and oxygen atoms in total. The van der Waals surface area contributed by atoms with Crippen LogP contribution < -0.4 is 10.6 Å². The van der Waals surface area contributed by atoms with Crippen LogP contribution in [0.15, 0.2) is 18.2 Å². The van der Waals surface area contributed by atoms with Gasteiger partial charge in [-0.05, 0) is 17.2 Å². The van der Waals surface area contributed by atoms with E-state index in [1.165, 1.54) is 0 Å². The second-order valence-electron chi connectivity index (χ2n) is 5.21. The molecule has 98 valence electrons. The van der Waals surface area contributed by atoms with Crippen molar-refractivity contribution in [1.82, 2.24) is 0 Å². The van der Waals surface area contributed by atoms with E-state index >= 15 is 0 Å². The predicted molar refractivity (Wildman–Crippen MR) is 69.3 cm³/mol. The fourth-order valence-electron chi connectivity index (χ4n) is 2.58. The average molecular weight is 257 g/mol. The molecule has 0 aromatic heterocycles. The van der Waals surface area contributed by atoms with Gasteiger partial charge in [0.15, 0.2) is 0 Å². The van der Waals surface area contributed by atoms with Crippen molar-refractivity contribution < 1.29 is 9.53 Å². The molecular weight excluding hydrogens is 242 g/mol. The lowest BCUT2D eigenvalue weighted by molar-refractivity contribution is -0.119. The van der Waals surface area contributed by atoms with Crippen molar-refractivity contribution in [3.8, 4) is 6.07 Å². The summed E-state index contributed by atoms with van der Waals surface area (Å²) >= 11 is 0. The Morgan fingerprint density at radius 2 is 2.26 bits per heavy atom. The van der Waals surface area contributed by atoms with Crippen LogP contribution in [0.25, 0.3) is 0 Å². The predicted octanol–water partition coefficient (Wildman–Crippen LogP) is 0.575. The number of hydrogen-bond acceptors (Lipinski definition) is 4. The Kier molecular flexibility index (Phi) is 2.77. The average Bonchev–Trinajstić information content (AvgIpc) is 2.68. The zero-order valence-electron chi connectivity index (χ0n) is 10.6. The number of rotatable bonds is 3. The summed E-state index contributed by atoms with van der Waals surface area (Å²) in [6.07, 6.45) is 0.394. The van der Waals surface area contributed by atoms with Gasteiger partial charge in [0.25, 0.3) is 0 Å². The minimum absolute atomic E-state index is 0.0469.